The molecule has 5 rings (SSSR count). The minimum Gasteiger partial charge on any atom is -0.487 e. The molecular formula is C23H24N4O3. The lowest BCUT2D eigenvalue weighted by molar-refractivity contribution is -0.115. The molecule has 154 valence electrons. The molecule has 0 fully saturated rings. The van der Waals surface area contributed by atoms with Gasteiger partial charge in [-0.3, -0.25) is 14.3 Å². The standard InChI is InChI=1S/C21H18N4O3.C2H6/c1-12(26)22-16-4-2-14-10-25-17(11-28-20(14)8-16)9-19(24-25)13-3-5-18-15(6-13)7-21(27)23-18;1-2/h2-6,8-9H,7,10-11H2,1H3,(H,22,26)(H,23,27);1-2H3. The number of carbonyl (C=O) groups is 2. The largest absolute Gasteiger partial charge is 0.487 e. The molecule has 2 aliphatic rings. The number of rotatable bonds is 2. The second kappa shape index (κ2) is 8.02. The smallest absolute Gasteiger partial charge is 0.228 e. The third-order valence-electron chi connectivity index (χ3n) is 4.97. The van der Waals surface area contributed by atoms with Crippen LogP contribution < -0.4 is 15.4 Å². The lowest BCUT2D eigenvalue weighted by Crippen LogP contribution is -2.06. The first-order valence-corrected chi connectivity index (χ1v) is 10.1. The van der Waals surface area contributed by atoms with E-state index in [9.17, 15) is 9.59 Å². The van der Waals surface area contributed by atoms with Crippen LogP contribution in [0.3, 0.4) is 0 Å². The summed E-state index contributed by atoms with van der Waals surface area (Å²) in [5.41, 5.74) is 6.41. The van der Waals surface area contributed by atoms with Crippen molar-refractivity contribution in [3.8, 4) is 17.0 Å². The van der Waals surface area contributed by atoms with Crippen LogP contribution in [0, 0.1) is 0 Å². The number of fused-ring (bicyclic) bond motifs is 3. The van der Waals surface area contributed by atoms with Gasteiger partial charge in [-0.25, -0.2) is 0 Å². The summed E-state index contributed by atoms with van der Waals surface area (Å²) in [6.07, 6.45) is 0.407. The van der Waals surface area contributed by atoms with Crippen molar-refractivity contribution in [1.29, 1.82) is 0 Å². The van der Waals surface area contributed by atoms with Gasteiger partial charge in [0.25, 0.3) is 0 Å². The number of carbonyl (C=O) groups excluding carboxylic acids is 2. The highest BCUT2D eigenvalue weighted by atomic mass is 16.5. The Kier molecular flexibility index (Phi) is 5.27. The molecule has 0 radical (unpaired) electrons. The van der Waals surface area contributed by atoms with E-state index >= 15 is 0 Å². The van der Waals surface area contributed by atoms with E-state index in [4.69, 9.17) is 9.84 Å². The maximum Gasteiger partial charge on any atom is 0.228 e. The van der Waals surface area contributed by atoms with Crippen LogP contribution in [0.25, 0.3) is 11.3 Å². The van der Waals surface area contributed by atoms with Crippen LogP contribution in [-0.2, 0) is 29.2 Å². The molecule has 2 N–H and O–H groups in total. The van der Waals surface area contributed by atoms with Gasteiger partial charge in [0.15, 0.2) is 0 Å². The summed E-state index contributed by atoms with van der Waals surface area (Å²) >= 11 is 0. The van der Waals surface area contributed by atoms with Crippen LogP contribution in [0.2, 0.25) is 0 Å². The van der Waals surface area contributed by atoms with Crippen molar-refractivity contribution in [2.24, 2.45) is 0 Å². The van der Waals surface area contributed by atoms with Crippen molar-refractivity contribution in [2.75, 3.05) is 10.6 Å². The van der Waals surface area contributed by atoms with Crippen molar-refractivity contribution < 1.29 is 14.3 Å². The molecule has 7 heteroatoms. The molecule has 0 spiro atoms. The van der Waals surface area contributed by atoms with Gasteiger partial charge in [-0.2, -0.15) is 5.10 Å². The molecule has 0 aliphatic carbocycles. The maximum absolute atomic E-state index is 11.6. The van der Waals surface area contributed by atoms with Crippen LogP contribution in [0.15, 0.2) is 42.5 Å². The van der Waals surface area contributed by atoms with E-state index < -0.39 is 0 Å². The molecule has 7 nitrogen and oxygen atoms in total. The fraction of sp³-hybridized carbons (Fsp3) is 0.261. The van der Waals surface area contributed by atoms with Crippen molar-refractivity contribution >= 4 is 23.2 Å². The summed E-state index contributed by atoms with van der Waals surface area (Å²) in [6.45, 7) is 6.47. The molecule has 30 heavy (non-hydrogen) atoms. The van der Waals surface area contributed by atoms with Gasteiger partial charge in [-0.05, 0) is 29.8 Å². The SMILES string of the molecule is CC.CC(=O)Nc1ccc2c(c1)OCc1cc(-c3ccc4c(c3)CC(=O)N4)nn1C2. The van der Waals surface area contributed by atoms with Crippen molar-refractivity contribution in [3.63, 3.8) is 0 Å². The van der Waals surface area contributed by atoms with E-state index in [-0.39, 0.29) is 11.8 Å². The summed E-state index contributed by atoms with van der Waals surface area (Å²) in [5, 5.41) is 10.4. The van der Waals surface area contributed by atoms with E-state index in [0.717, 1.165) is 39.5 Å². The molecule has 2 amide bonds. The minimum absolute atomic E-state index is 0.0245. The van der Waals surface area contributed by atoms with Gasteiger partial charge in [-0.15, -0.1) is 0 Å². The first kappa shape index (κ1) is 19.7. The maximum atomic E-state index is 11.6. The number of anilines is 2. The normalized spacial score (nSPS) is 13.5. The second-order valence-corrected chi connectivity index (χ2v) is 7.07. The Labute approximate surface area is 175 Å². The van der Waals surface area contributed by atoms with Crippen LogP contribution in [0.1, 0.15) is 37.6 Å². The fourth-order valence-electron chi connectivity index (χ4n) is 3.65. The average molecular weight is 404 g/mol. The molecule has 3 heterocycles. The van der Waals surface area contributed by atoms with Crippen LogP contribution in [0.5, 0.6) is 5.75 Å². The first-order valence-electron chi connectivity index (χ1n) is 10.1. The number of ether oxygens (including phenoxy) is 1. The van der Waals surface area contributed by atoms with Crippen molar-refractivity contribution in [2.45, 2.75) is 40.3 Å². The number of hydrogen-bond donors (Lipinski definition) is 2. The van der Waals surface area contributed by atoms with E-state index in [1.165, 1.54) is 6.92 Å². The number of nitrogens with one attached hydrogen (secondary N) is 2. The summed E-state index contributed by atoms with van der Waals surface area (Å²) in [5.74, 6) is 0.661. The Morgan fingerprint density at radius 3 is 2.77 bits per heavy atom. The van der Waals surface area contributed by atoms with Crippen molar-refractivity contribution in [3.05, 3.63) is 59.3 Å². The molecule has 3 aromatic rings. The summed E-state index contributed by atoms with van der Waals surface area (Å²) < 4.78 is 7.91. The third kappa shape index (κ3) is 3.78. The number of nitrogens with zero attached hydrogens (tertiary/aromatic N) is 2. The summed E-state index contributed by atoms with van der Waals surface area (Å²) in [7, 11) is 0. The predicted octanol–water partition coefficient (Wildman–Crippen LogP) is 3.97. The van der Waals surface area contributed by atoms with Gasteiger partial charge < -0.3 is 15.4 Å². The zero-order valence-electron chi connectivity index (χ0n) is 17.3. The highest BCUT2D eigenvalue weighted by molar-refractivity contribution is 5.99. The Bertz CT molecular complexity index is 1130. The molecule has 1 aromatic heterocycles. The predicted molar refractivity (Wildman–Crippen MR) is 116 cm³/mol. The Hall–Kier alpha value is -3.61. The quantitative estimate of drug-likeness (QED) is 0.677. The molecule has 2 aliphatic heterocycles. The molecule has 0 atom stereocenters. The summed E-state index contributed by atoms with van der Waals surface area (Å²) in [6, 6.07) is 13.6. The molecular weight excluding hydrogens is 380 g/mol. The number of hydrogen-bond acceptors (Lipinski definition) is 4. The second-order valence-electron chi connectivity index (χ2n) is 7.07. The minimum atomic E-state index is -0.114. The lowest BCUT2D eigenvalue weighted by Gasteiger charge is -2.09. The fourth-order valence-corrected chi connectivity index (χ4v) is 3.65. The highest BCUT2D eigenvalue weighted by Crippen LogP contribution is 2.32. The van der Waals surface area contributed by atoms with Gasteiger partial charge >= 0.3 is 0 Å². The third-order valence-corrected chi connectivity index (χ3v) is 4.97. The Morgan fingerprint density at radius 2 is 1.97 bits per heavy atom. The first-order chi connectivity index (χ1) is 14.5. The van der Waals surface area contributed by atoms with Gasteiger partial charge in [0.2, 0.25) is 11.8 Å². The molecule has 0 saturated heterocycles. The Morgan fingerprint density at radius 1 is 1.13 bits per heavy atom. The van der Waals surface area contributed by atoms with Crippen LogP contribution in [0.4, 0.5) is 11.4 Å². The lowest BCUT2D eigenvalue weighted by atomic mass is 10.1. The van der Waals surface area contributed by atoms with Gasteiger partial charge in [-0.1, -0.05) is 26.0 Å². The molecule has 0 bridgehead atoms. The van der Waals surface area contributed by atoms with Crippen molar-refractivity contribution in [1.82, 2.24) is 9.78 Å². The average Bonchev–Trinajstić information content (AvgIpc) is 3.26. The zero-order valence-corrected chi connectivity index (χ0v) is 17.3. The number of aromatic nitrogens is 2. The van der Waals surface area contributed by atoms with Crippen LogP contribution in [-0.4, -0.2) is 21.6 Å². The topological polar surface area (TPSA) is 85.2 Å². The van der Waals surface area contributed by atoms with Gasteiger partial charge in [0.05, 0.1) is 24.4 Å². The molecule has 2 aromatic carbocycles. The monoisotopic (exact) mass is 404 g/mol. The van der Waals surface area contributed by atoms with E-state index in [1.807, 2.05) is 61.0 Å². The molecule has 0 saturated carbocycles. The zero-order chi connectivity index (χ0) is 21.3. The van der Waals surface area contributed by atoms with Gasteiger partial charge in [0.1, 0.15) is 12.4 Å². The Balaban J connectivity index is 0.00000106. The van der Waals surface area contributed by atoms with E-state index in [2.05, 4.69) is 10.6 Å². The summed E-state index contributed by atoms with van der Waals surface area (Å²) in [4.78, 5) is 22.8. The number of benzene rings is 2. The number of amides is 2. The molecule has 0 unspecified atom stereocenters. The highest BCUT2D eigenvalue weighted by Gasteiger charge is 2.21. The van der Waals surface area contributed by atoms with E-state index in [0.29, 0.717) is 25.3 Å². The van der Waals surface area contributed by atoms with Gasteiger partial charge in [0, 0.05) is 35.5 Å². The van der Waals surface area contributed by atoms with Crippen LogP contribution >= 0.6 is 0 Å². The van der Waals surface area contributed by atoms with E-state index in [1.54, 1.807) is 0 Å².